The first-order valence-electron chi connectivity index (χ1n) is 13.2. The average Bonchev–Trinajstić information content (AvgIpc) is 2.95. The molecule has 8 heteroatoms. The van der Waals surface area contributed by atoms with Gasteiger partial charge in [0.25, 0.3) is 0 Å². The first-order valence-corrected chi connectivity index (χ1v) is 14.7. The predicted octanol–water partition coefficient (Wildman–Crippen LogP) is 7.10. The molecule has 0 aromatic heterocycles. The van der Waals surface area contributed by atoms with E-state index in [1.165, 1.54) is 12.1 Å². The highest BCUT2D eigenvalue weighted by molar-refractivity contribution is 7.91. The Balaban J connectivity index is 1.47. The molecule has 4 rings (SSSR count). The van der Waals surface area contributed by atoms with Crippen LogP contribution in [-0.2, 0) is 27.5 Å². The highest BCUT2D eigenvalue weighted by atomic mass is 32.2. The SMILES string of the molecule is CC(C)(C)OC(=O)N(CCc1ccc(S(=O)(=O)c2cccc(Oc3ccccc3C=O)c2)cc1)Cc1ccccc1. The summed E-state index contributed by atoms with van der Waals surface area (Å²) in [6.07, 6.45) is 0.802. The van der Waals surface area contributed by atoms with E-state index in [-0.39, 0.29) is 9.79 Å². The Labute approximate surface area is 241 Å². The molecule has 4 aromatic carbocycles. The Bertz CT molecular complexity index is 1590. The van der Waals surface area contributed by atoms with Gasteiger partial charge in [0, 0.05) is 13.1 Å². The molecule has 0 aliphatic carbocycles. The van der Waals surface area contributed by atoms with Gasteiger partial charge in [-0.1, -0.05) is 60.7 Å². The second-order valence-corrected chi connectivity index (χ2v) is 12.5. The van der Waals surface area contributed by atoms with Gasteiger partial charge < -0.3 is 14.4 Å². The zero-order valence-corrected chi connectivity index (χ0v) is 24.1. The molecule has 0 saturated carbocycles. The molecule has 7 nitrogen and oxygen atoms in total. The number of benzene rings is 4. The van der Waals surface area contributed by atoms with Crippen molar-refractivity contribution in [3.05, 3.63) is 120 Å². The fraction of sp³-hybridized carbons (Fsp3) is 0.212. The van der Waals surface area contributed by atoms with E-state index < -0.39 is 21.5 Å². The van der Waals surface area contributed by atoms with Crippen molar-refractivity contribution in [1.29, 1.82) is 0 Å². The van der Waals surface area contributed by atoms with Crippen molar-refractivity contribution in [2.45, 2.75) is 49.1 Å². The highest BCUT2D eigenvalue weighted by Crippen LogP contribution is 2.29. The molecule has 0 spiro atoms. The third-order valence-electron chi connectivity index (χ3n) is 6.16. The number of para-hydroxylation sites is 1. The maximum Gasteiger partial charge on any atom is 0.410 e. The van der Waals surface area contributed by atoms with E-state index in [9.17, 15) is 18.0 Å². The van der Waals surface area contributed by atoms with Crippen molar-refractivity contribution in [2.75, 3.05) is 6.54 Å². The summed E-state index contributed by atoms with van der Waals surface area (Å²) in [7, 11) is -3.83. The number of carbonyl (C=O) groups excluding carboxylic acids is 2. The molecule has 0 unspecified atom stereocenters. The molecule has 0 saturated heterocycles. The summed E-state index contributed by atoms with van der Waals surface area (Å²) in [5.41, 5.74) is 1.61. The molecule has 1 amide bonds. The van der Waals surface area contributed by atoms with Crippen molar-refractivity contribution in [3.63, 3.8) is 0 Å². The van der Waals surface area contributed by atoms with E-state index in [1.807, 2.05) is 51.1 Å². The van der Waals surface area contributed by atoms with E-state index in [4.69, 9.17) is 9.47 Å². The minimum absolute atomic E-state index is 0.0743. The number of hydrogen-bond donors (Lipinski definition) is 0. The normalized spacial score (nSPS) is 11.5. The molecule has 0 heterocycles. The van der Waals surface area contributed by atoms with Gasteiger partial charge in [0.05, 0.1) is 15.4 Å². The van der Waals surface area contributed by atoms with Crippen molar-refractivity contribution < 1.29 is 27.5 Å². The van der Waals surface area contributed by atoms with Crippen molar-refractivity contribution in [3.8, 4) is 11.5 Å². The molecule has 0 bridgehead atoms. The monoisotopic (exact) mass is 571 g/mol. The summed E-state index contributed by atoms with van der Waals surface area (Å²) >= 11 is 0. The zero-order valence-electron chi connectivity index (χ0n) is 23.3. The fourth-order valence-corrected chi connectivity index (χ4v) is 5.40. The van der Waals surface area contributed by atoms with Crippen LogP contribution in [0, 0.1) is 0 Å². The quantitative estimate of drug-likeness (QED) is 0.189. The van der Waals surface area contributed by atoms with Crippen LogP contribution < -0.4 is 4.74 Å². The topological polar surface area (TPSA) is 90.0 Å². The second-order valence-electron chi connectivity index (χ2n) is 10.5. The number of nitrogens with zero attached hydrogens (tertiary/aromatic N) is 1. The molecule has 212 valence electrons. The van der Waals surface area contributed by atoms with Gasteiger partial charge in [0.2, 0.25) is 9.84 Å². The molecular weight excluding hydrogens is 538 g/mol. The van der Waals surface area contributed by atoms with Gasteiger partial charge in [-0.05, 0) is 80.8 Å². The molecule has 0 N–H and O–H groups in total. The Hall–Kier alpha value is -4.43. The number of hydrogen-bond acceptors (Lipinski definition) is 6. The molecular formula is C33H33NO6S. The molecule has 0 radical (unpaired) electrons. The summed E-state index contributed by atoms with van der Waals surface area (Å²) in [6, 6.07) is 29.2. The van der Waals surface area contributed by atoms with Gasteiger partial charge in [-0.2, -0.15) is 0 Å². The van der Waals surface area contributed by atoms with Crippen molar-refractivity contribution in [2.24, 2.45) is 0 Å². The van der Waals surface area contributed by atoms with Gasteiger partial charge in [-0.3, -0.25) is 4.79 Å². The van der Waals surface area contributed by atoms with Crippen molar-refractivity contribution >= 4 is 22.2 Å². The van der Waals surface area contributed by atoms with Crippen LogP contribution in [0.25, 0.3) is 0 Å². The molecule has 4 aromatic rings. The van der Waals surface area contributed by atoms with Gasteiger partial charge in [-0.25, -0.2) is 13.2 Å². The number of amides is 1. The lowest BCUT2D eigenvalue weighted by molar-refractivity contribution is 0.0235. The van der Waals surface area contributed by atoms with E-state index >= 15 is 0 Å². The van der Waals surface area contributed by atoms with Gasteiger partial charge in [-0.15, -0.1) is 0 Å². The zero-order chi connectivity index (χ0) is 29.5. The van der Waals surface area contributed by atoms with Crippen LogP contribution in [0.15, 0.2) is 113 Å². The largest absolute Gasteiger partial charge is 0.457 e. The fourth-order valence-electron chi connectivity index (χ4n) is 4.10. The lowest BCUT2D eigenvalue weighted by Crippen LogP contribution is -2.37. The third-order valence-corrected chi connectivity index (χ3v) is 7.93. The molecule has 0 atom stereocenters. The van der Waals surface area contributed by atoms with Crippen LogP contribution in [0.1, 0.15) is 42.3 Å². The minimum Gasteiger partial charge on any atom is -0.457 e. The van der Waals surface area contributed by atoms with Crippen LogP contribution in [0.4, 0.5) is 4.79 Å². The van der Waals surface area contributed by atoms with Crippen LogP contribution in [0.2, 0.25) is 0 Å². The lowest BCUT2D eigenvalue weighted by atomic mass is 10.1. The second kappa shape index (κ2) is 12.8. The van der Waals surface area contributed by atoms with Crippen molar-refractivity contribution in [1.82, 2.24) is 4.90 Å². The van der Waals surface area contributed by atoms with Gasteiger partial charge in [0.15, 0.2) is 6.29 Å². The maximum absolute atomic E-state index is 13.4. The smallest absolute Gasteiger partial charge is 0.410 e. The van der Waals surface area contributed by atoms with Gasteiger partial charge in [0.1, 0.15) is 17.1 Å². The number of carbonyl (C=O) groups is 2. The van der Waals surface area contributed by atoms with Crippen LogP contribution >= 0.6 is 0 Å². The van der Waals surface area contributed by atoms with Crippen LogP contribution in [0.5, 0.6) is 11.5 Å². The van der Waals surface area contributed by atoms with Crippen LogP contribution in [-0.4, -0.2) is 37.8 Å². The summed E-state index contributed by atoms with van der Waals surface area (Å²) in [5.74, 6) is 0.645. The molecule has 0 aliphatic heterocycles. The van der Waals surface area contributed by atoms with Gasteiger partial charge >= 0.3 is 6.09 Å². The minimum atomic E-state index is -3.83. The number of ether oxygens (including phenoxy) is 2. The first kappa shape index (κ1) is 29.6. The lowest BCUT2D eigenvalue weighted by Gasteiger charge is -2.27. The highest BCUT2D eigenvalue weighted by Gasteiger charge is 2.23. The van der Waals surface area contributed by atoms with E-state index in [2.05, 4.69) is 0 Å². The van der Waals surface area contributed by atoms with E-state index in [0.29, 0.717) is 42.9 Å². The van der Waals surface area contributed by atoms with E-state index in [0.717, 1.165) is 11.1 Å². The third kappa shape index (κ3) is 8.05. The Morgan fingerprint density at radius 3 is 2.17 bits per heavy atom. The maximum atomic E-state index is 13.4. The summed E-state index contributed by atoms with van der Waals surface area (Å²) in [5, 5.41) is 0. The number of sulfone groups is 1. The first-order chi connectivity index (χ1) is 19.5. The summed E-state index contributed by atoms with van der Waals surface area (Å²) in [6.45, 7) is 6.29. The summed E-state index contributed by atoms with van der Waals surface area (Å²) in [4.78, 5) is 26.1. The molecule has 0 aliphatic rings. The molecule has 41 heavy (non-hydrogen) atoms. The average molecular weight is 572 g/mol. The Kier molecular flexibility index (Phi) is 9.24. The molecule has 0 fully saturated rings. The predicted molar refractivity (Wildman–Crippen MR) is 157 cm³/mol. The van der Waals surface area contributed by atoms with Crippen LogP contribution in [0.3, 0.4) is 0 Å². The summed E-state index contributed by atoms with van der Waals surface area (Å²) < 4.78 is 38.2. The Morgan fingerprint density at radius 1 is 0.805 bits per heavy atom. The Morgan fingerprint density at radius 2 is 1.49 bits per heavy atom. The van der Waals surface area contributed by atoms with E-state index in [1.54, 1.807) is 65.6 Å². The number of aldehydes is 1. The standard InChI is InChI=1S/C33H33NO6S/c1-33(2,3)40-32(36)34(23-26-10-5-4-6-11-26)21-20-25-16-18-29(19-17-25)41(37,38)30-14-9-13-28(22-30)39-31-15-8-7-12-27(31)24-35/h4-19,22,24H,20-21,23H2,1-3H3. The number of rotatable bonds is 10.